The molecule has 1 aliphatic carbocycles. The number of likely N-dealkylation sites (tertiary alicyclic amines) is 1. The molecule has 126 valence electrons. The van der Waals surface area contributed by atoms with Crippen molar-refractivity contribution in [3.05, 3.63) is 12.2 Å². The van der Waals surface area contributed by atoms with Gasteiger partial charge in [-0.2, -0.15) is 13.2 Å². The van der Waals surface area contributed by atoms with Gasteiger partial charge in [-0.15, -0.1) is 0 Å². The molecular weight excluding hydrogens is 297 g/mol. The molecule has 0 unspecified atom stereocenters. The van der Waals surface area contributed by atoms with Crippen LogP contribution in [0.2, 0.25) is 0 Å². The van der Waals surface area contributed by atoms with Crippen LogP contribution in [0, 0.1) is 11.8 Å². The van der Waals surface area contributed by atoms with Crippen LogP contribution >= 0.6 is 0 Å². The molecule has 0 aromatic carbocycles. The van der Waals surface area contributed by atoms with Crippen molar-refractivity contribution in [1.29, 1.82) is 0 Å². The van der Waals surface area contributed by atoms with Gasteiger partial charge in [0.05, 0.1) is 0 Å². The van der Waals surface area contributed by atoms with E-state index in [2.05, 4.69) is 17.5 Å². The van der Waals surface area contributed by atoms with E-state index in [-0.39, 0.29) is 32.0 Å². The standard InChI is InChI=1S/C15H23F3N2O2/c16-15(17,18)13(21)12-6-8-20(9-7-12)14(22)19-10-11-4-2-1-3-5-11/h1-2,11-13,21H,3-10H2,(H,19,22)/t11-,13-/m0/s1. The molecule has 0 aromatic rings. The lowest BCUT2D eigenvalue weighted by Gasteiger charge is -2.35. The van der Waals surface area contributed by atoms with Crippen molar-refractivity contribution in [2.45, 2.75) is 44.4 Å². The SMILES string of the molecule is O=C(NC[C@H]1CC=CCC1)N1CCC([C@H](O)C(F)(F)F)CC1. The summed E-state index contributed by atoms with van der Waals surface area (Å²) in [7, 11) is 0. The van der Waals surface area contributed by atoms with Crippen LogP contribution < -0.4 is 5.32 Å². The topological polar surface area (TPSA) is 52.6 Å². The normalized spacial score (nSPS) is 25.1. The Morgan fingerprint density at radius 3 is 2.50 bits per heavy atom. The zero-order chi connectivity index (χ0) is 16.2. The fraction of sp³-hybridized carbons (Fsp3) is 0.800. The molecule has 2 aliphatic rings. The summed E-state index contributed by atoms with van der Waals surface area (Å²) in [6, 6.07) is -0.213. The van der Waals surface area contributed by atoms with Gasteiger partial charge in [0.25, 0.3) is 0 Å². The zero-order valence-electron chi connectivity index (χ0n) is 12.5. The summed E-state index contributed by atoms with van der Waals surface area (Å²) >= 11 is 0. The van der Waals surface area contributed by atoms with Crippen molar-refractivity contribution in [3.63, 3.8) is 0 Å². The van der Waals surface area contributed by atoms with Crippen molar-refractivity contribution in [3.8, 4) is 0 Å². The Labute approximate surface area is 128 Å². The number of allylic oxidation sites excluding steroid dienone is 2. The van der Waals surface area contributed by atoms with E-state index in [1.807, 2.05) is 0 Å². The molecule has 2 atom stereocenters. The van der Waals surface area contributed by atoms with E-state index >= 15 is 0 Å². The number of piperidine rings is 1. The van der Waals surface area contributed by atoms with Crippen molar-refractivity contribution < 1.29 is 23.1 Å². The Bertz CT molecular complexity index is 404. The number of carbonyl (C=O) groups excluding carboxylic acids is 1. The summed E-state index contributed by atoms with van der Waals surface area (Å²) in [5.74, 6) is -0.369. The maximum absolute atomic E-state index is 12.5. The monoisotopic (exact) mass is 320 g/mol. The number of hydrogen-bond donors (Lipinski definition) is 2. The molecule has 2 amide bonds. The predicted octanol–water partition coefficient (Wildman–Crippen LogP) is 2.69. The number of alkyl halides is 3. The molecular formula is C15H23F3N2O2. The largest absolute Gasteiger partial charge is 0.414 e. The van der Waals surface area contributed by atoms with Gasteiger partial charge in [0.15, 0.2) is 6.10 Å². The Hall–Kier alpha value is -1.24. The summed E-state index contributed by atoms with van der Waals surface area (Å²) in [5.41, 5.74) is 0. The number of hydrogen-bond acceptors (Lipinski definition) is 2. The summed E-state index contributed by atoms with van der Waals surface area (Å²) in [4.78, 5) is 13.6. The molecule has 0 spiro atoms. The highest BCUT2D eigenvalue weighted by Gasteiger charge is 2.44. The van der Waals surface area contributed by atoms with E-state index in [0.29, 0.717) is 12.5 Å². The third-order valence-corrected chi connectivity index (χ3v) is 4.53. The fourth-order valence-electron chi connectivity index (χ4n) is 3.07. The summed E-state index contributed by atoms with van der Waals surface area (Å²) in [6.45, 7) is 1.12. The molecule has 1 heterocycles. The maximum atomic E-state index is 12.5. The first kappa shape index (κ1) is 17.1. The number of urea groups is 1. The first-order valence-corrected chi connectivity index (χ1v) is 7.80. The lowest BCUT2D eigenvalue weighted by molar-refractivity contribution is -0.222. The number of aliphatic hydroxyl groups excluding tert-OH is 1. The van der Waals surface area contributed by atoms with Crippen molar-refractivity contribution in [2.75, 3.05) is 19.6 Å². The zero-order valence-corrected chi connectivity index (χ0v) is 12.5. The predicted molar refractivity (Wildman–Crippen MR) is 76.2 cm³/mol. The van der Waals surface area contributed by atoms with Crippen molar-refractivity contribution >= 4 is 6.03 Å². The molecule has 7 heteroatoms. The van der Waals surface area contributed by atoms with Crippen molar-refractivity contribution in [1.82, 2.24) is 10.2 Å². The molecule has 0 bridgehead atoms. The summed E-state index contributed by atoms with van der Waals surface area (Å²) in [6.07, 6.45) is 0.786. The van der Waals surface area contributed by atoms with Crippen LogP contribution in [0.4, 0.5) is 18.0 Å². The molecule has 2 N–H and O–H groups in total. The van der Waals surface area contributed by atoms with Crippen LogP contribution in [0.5, 0.6) is 0 Å². The fourth-order valence-corrected chi connectivity index (χ4v) is 3.07. The number of aliphatic hydroxyl groups is 1. The first-order chi connectivity index (χ1) is 10.4. The van der Waals surface area contributed by atoms with Gasteiger partial charge in [-0.3, -0.25) is 0 Å². The molecule has 4 nitrogen and oxygen atoms in total. The Morgan fingerprint density at radius 2 is 1.95 bits per heavy atom. The van der Waals surface area contributed by atoms with Gasteiger partial charge in [-0.05, 0) is 43.9 Å². The molecule has 22 heavy (non-hydrogen) atoms. The Balaban J connectivity index is 1.71. The molecule has 2 rings (SSSR count). The number of carbonyl (C=O) groups is 1. The van der Waals surface area contributed by atoms with E-state index in [1.54, 1.807) is 0 Å². The van der Waals surface area contributed by atoms with Crippen LogP contribution in [-0.4, -0.2) is 48.0 Å². The minimum atomic E-state index is -4.58. The number of halogens is 3. The molecule has 0 aromatic heterocycles. The third kappa shape index (κ3) is 4.63. The van der Waals surface area contributed by atoms with Gasteiger partial charge in [-0.25, -0.2) is 4.79 Å². The van der Waals surface area contributed by atoms with Crippen molar-refractivity contribution in [2.24, 2.45) is 11.8 Å². The summed E-state index contributed by atoms with van der Waals surface area (Å²) < 4.78 is 37.4. The lowest BCUT2D eigenvalue weighted by atomic mass is 9.91. The van der Waals surface area contributed by atoms with Gasteiger partial charge in [0.2, 0.25) is 0 Å². The maximum Gasteiger partial charge on any atom is 0.414 e. The van der Waals surface area contributed by atoms with Crippen LogP contribution in [0.15, 0.2) is 12.2 Å². The smallest absolute Gasteiger partial charge is 0.383 e. The Morgan fingerprint density at radius 1 is 1.27 bits per heavy atom. The number of amides is 2. The van der Waals surface area contributed by atoms with E-state index in [4.69, 9.17) is 0 Å². The molecule has 1 saturated heterocycles. The number of rotatable bonds is 3. The second-order valence-corrected chi connectivity index (χ2v) is 6.15. The van der Waals surface area contributed by atoms with E-state index in [9.17, 15) is 23.1 Å². The van der Waals surface area contributed by atoms with Crippen LogP contribution in [0.3, 0.4) is 0 Å². The van der Waals surface area contributed by atoms with Gasteiger partial charge in [-0.1, -0.05) is 12.2 Å². The minimum absolute atomic E-state index is 0.181. The third-order valence-electron chi connectivity index (χ3n) is 4.53. The molecule has 1 fully saturated rings. The molecule has 1 aliphatic heterocycles. The second-order valence-electron chi connectivity index (χ2n) is 6.15. The van der Waals surface area contributed by atoms with E-state index in [1.165, 1.54) is 4.90 Å². The minimum Gasteiger partial charge on any atom is -0.383 e. The van der Waals surface area contributed by atoms with Gasteiger partial charge >= 0.3 is 12.2 Å². The summed E-state index contributed by atoms with van der Waals surface area (Å²) in [5, 5.41) is 12.1. The van der Waals surface area contributed by atoms with E-state index < -0.39 is 18.2 Å². The van der Waals surface area contributed by atoms with Gasteiger partial charge < -0.3 is 15.3 Å². The highest BCUT2D eigenvalue weighted by molar-refractivity contribution is 5.74. The molecule has 0 radical (unpaired) electrons. The van der Waals surface area contributed by atoms with E-state index in [0.717, 1.165) is 19.3 Å². The highest BCUT2D eigenvalue weighted by Crippen LogP contribution is 2.31. The first-order valence-electron chi connectivity index (χ1n) is 7.80. The van der Waals surface area contributed by atoms with Gasteiger partial charge in [0, 0.05) is 19.6 Å². The van der Waals surface area contributed by atoms with Crippen LogP contribution in [0.1, 0.15) is 32.1 Å². The number of nitrogens with one attached hydrogen (secondary N) is 1. The van der Waals surface area contributed by atoms with Crippen LogP contribution in [-0.2, 0) is 0 Å². The van der Waals surface area contributed by atoms with Crippen LogP contribution in [0.25, 0.3) is 0 Å². The average molecular weight is 320 g/mol. The second kappa shape index (κ2) is 7.35. The average Bonchev–Trinajstić information content (AvgIpc) is 2.52. The quantitative estimate of drug-likeness (QED) is 0.786. The highest BCUT2D eigenvalue weighted by atomic mass is 19.4. The van der Waals surface area contributed by atoms with Gasteiger partial charge in [0.1, 0.15) is 0 Å². The Kier molecular flexibility index (Phi) is 5.72. The number of nitrogens with zero attached hydrogens (tertiary/aromatic N) is 1. The lowest BCUT2D eigenvalue weighted by Crippen LogP contribution is -2.48. The molecule has 0 saturated carbocycles.